The summed E-state index contributed by atoms with van der Waals surface area (Å²) in [5, 5.41) is 14.5. The average Bonchev–Trinajstić information content (AvgIpc) is 3.54. The summed E-state index contributed by atoms with van der Waals surface area (Å²) >= 11 is 0. The highest BCUT2D eigenvalue weighted by atomic mass is 16.5. The van der Waals surface area contributed by atoms with E-state index in [0.29, 0.717) is 0 Å². The third kappa shape index (κ3) is 12.9. The second-order valence-corrected chi connectivity index (χ2v) is 23.5. The van der Waals surface area contributed by atoms with Crippen LogP contribution in [0.3, 0.4) is 0 Å². The number of hydrogen-bond donors (Lipinski definition) is 4. The lowest BCUT2D eigenvalue weighted by atomic mass is 9.75. The van der Waals surface area contributed by atoms with Gasteiger partial charge in [-0.3, -0.25) is 19.2 Å². The van der Waals surface area contributed by atoms with Crippen molar-refractivity contribution in [2.45, 2.75) is 206 Å². The average molecular weight is 805 g/mol. The van der Waals surface area contributed by atoms with Gasteiger partial charge in [0.25, 0.3) is 0 Å². The first-order valence-corrected chi connectivity index (χ1v) is 21.5. The third-order valence-electron chi connectivity index (χ3n) is 13.6. The molecule has 57 heavy (non-hydrogen) atoms. The molecule has 0 saturated carbocycles. The van der Waals surface area contributed by atoms with Gasteiger partial charge in [0.15, 0.2) is 0 Å². The maximum atomic E-state index is 14.0. The highest BCUT2D eigenvalue weighted by Crippen LogP contribution is 2.42. The van der Waals surface area contributed by atoms with E-state index >= 15 is 0 Å². The Morgan fingerprint density at radius 1 is 0.386 bits per heavy atom. The van der Waals surface area contributed by atoms with Gasteiger partial charge in [0.05, 0.1) is 52.1 Å². The topological polar surface area (TPSA) is 153 Å². The molecule has 328 valence electrons. The maximum absolute atomic E-state index is 14.0. The summed E-state index contributed by atoms with van der Waals surface area (Å²) in [6.45, 7) is 34.4. The minimum Gasteiger partial charge on any atom is -0.465 e. The zero-order valence-electron chi connectivity index (χ0n) is 38.6. The van der Waals surface area contributed by atoms with Gasteiger partial charge in [-0.05, 0) is 136 Å². The lowest BCUT2D eigenvalue weighted by Gasteiger charge is -2.33. The molecule has 4 saturated heterocycles. The lowest BCUT2D eigenvalue weighted by Crippen LogP contribution is -2.46. The van der Waals surface area contributed by atoms with E-state index in [1.54, 1.807) is 0 Å². The largest absolute Gasteiger partial charge is 0.465 e. The molecular weight excluding hydrogens is 725 g/mol. The van der Waals surface area contributed by atoms with Crippen LogP contribution in [0.15, 0.2) is 0 Å². The first-order valence-electron chi connectivity index (χ1n) is 21.5. The number of ether oxygens (including phenoxy) is 4. The van der Waals surface area contributed by atoms with Crippen molar-refractivity contribution in [2.75, 3.05) is 26.4 Å². The Morgan fingerprint density at radius 2 is 0.561 bits per heavy atom. The Morgan fingerprint density at radius 3 is 0.702 bits per heavy atom. The van der Waals surface area contributed by atoms with E-state index in [0.717, 1.165) is 25.7 Å². The molecule has 4 atom stereocenters. The quantitative estimate of drug-likeness (QED) is 0.101. The van der Waals surface area contributed by atoms with E-state index in [9.17, 15) is 19.2 Å². The lowest BCUT2D eigenvalue weighted by molar-refractivity contribution is -0.160. The molecule has 12 nitrogen and oxygen atoms in total. The van der Waals surface area contributed by atoms with Crippen LogP contribution in [0.4, 0.5) is 0 Å². The molecule has 0 spiro atoms. The van der Waals surface area contributed by atoms with Crippen LogP contribution in [0.2, 0.25) is 0 Å². The zero-order chi connectivity index (χ0) is 43.3. The van der Waals surface area contributed by atoms with Gasteiger partial charge in [-0.1, -0.05) is 0 Å². The highest BCUT2D eigenvalue weighted by Gasteiger charge is 2.49. The van der Waals surface area contributed by atoms with Gasteiger partial charge in [0.1, 0.15) is 0 Å². The summed E-state index contributed by atoms with van der Waals surface area (Å²) in [4.78, 5) is 55.9. The Balaban J connectivity index is 1.59. The van der Waals surface area contributed by atoms with E-state index < -0.39 is 29.3 Å². The van der Waals surface area contributed by atoms with Crippen LogP contribution in [-0.4, -0.2) is 94.6 Å². The molecule has 4 fully saturated rings. The number of esters is 4. The van der Waals surface area contributed by atoms with E-state index in [1.165, 1.54) is 0 Å². The summed E-state index contributed by atoms with van der Waals surface area (Å²) in [7, 11) is 0. The van der Waals surface area contributed by atoms with Crippen LogP contribution in [-0.2, 0) is 38.1 Å². The number of carbonyl (C=O) groups excluding carboxylic acids is 4. The van der Waals surface area contributed by atoms with Crippen molar-refractivity contribution in [1.29, 1.82) is 0 Å². The van der Waals surface area contributed by atoms with Crippen molar-refractivity contribution in [3.8, 4) is 0 Å². The summed E-state index contributed by atoms with van der Waals surface area (Å²) < 4.78 is 23.9. The normalized spacial score (nSPS) is 30.6. The fraction of sp³-hybridized carbons (Fsp3) is 0.911. The van der Waals surface area contributed by atoms with Crippen LogP contribution >= 0.6 is 0 Å². The molecule has 4 N–H and O–H groups in total. The van der Waals surface area contributed by atoms with E-state index in [1.807, 2.05) is 0 Å². The molecule has 0 aromatic heterocycles. The van der Waals surface area contributed by atoms with Gasteiger partial charge in [-0.25, -0.2) is 0 Å². The van der Waals surface area contributed by atoms with Gasteiger partial charge in [-0.15, -0.1) is 0 Å². The van der Waals surface area contributed by atoms with Crippen LogP contribution in [0, 0.1) is 29.1 Å². The minimum atomic E-state index is -1.50. The van der Waals surface area contributed by atoms with Gasteiger partial charge in [0.2, 0.25) is 0 Å². The molecule has 4 aliphatic heterocycles. The van der Waals surface area contributed by atoms with Crippen LogP contribution < -0.4 is 21.3 Å². The Kier molecular flexibility index (Phi) is 13.6. The van der Waals surface area contributed by atoms with Crippen molar-refractivity contribution in [3.63, 3.8) is 0 Å². The molecule has 0 bridgehead atoms. The first-order chi connectivity index (χ1) is 25.7. The number of nitrogens with one attached hydrogen (secondary N) is 4. The van der Waals surface area contributed by atoms with Crippen molar-refractivity contribution < 1.29 is 38.1 Å². The third-order valence-corrected chi connectivity index (χ3v) is 13.6. The van der Waals surface area contributed by atoms with Crippen molar-refractivity contribution in [1.82, 2.24) is 21.3 Å². The molecule has 3 unspecified atom stereocenters. The smallest absolute Gasteiger partial charge is 0.306 e. The summed E-state index contributed by atoms with van der Waals surface area (Å²) in [6, 6.07) is 0. The van der Waals surface area contributed by atoms with Crippen molar-refractivity contribution in [3.05, 3.63) is 0 Å². The van der Waals surface area contributed by atoms with E-state index in [2.05, 4.69) is 132 Å². The Hall–Kier alpha value is -2.28. The predicted molar refractivity (Wildman–Crippen MR) is 222 cm³/mol. The number of hydrogen-bond acceptors (Lipinski definition) is 12. The standard InChI is InChI=1S/C45H80N4O8/c1-37(2)17-29(41(9,10)46-37)25-54-33(50)21-45(22-34(51)55-26-30-18-38(3,4)47-42(30,11)12,23-35(52)56-27-31-19-39(5,6)48-43(31,13)14)24-36(53)57-28-32-20-40(7,8)49-44(32,15)16/h29-32,46-49H,17-28H2,1-16H3/t29-,30?,31?,32?,45?/m0/s1. The first kappa shape index (κ1) is 47.4. The second-order valence-electron chi connectivity index (χ2n) is 23.5. The molecule has 0 amide bonds. The Bertz CT molecular complexity index is 1270. The maximum Gasteiger partial charge on any atom is 0.306 e. The summed E-state index contributed by atoms with van der Waals surface area (Å²) in [6.07, 6.45) is 1.80. The molecule has 0 aromatic rings. The molecular formula is C45H80N4O8. The summed E-state index contributed by atoms with van der Waals surface area (Å²) in [5.41, 5.74) is -3.10. The minimum absolute atomic E-state index is 0.0404. The molecule has 4 aliphatic rings. The molecule has 4 rings (SSSR count). The van der Waals surface area contributed by atoms with Crippen LogP contribution in [0.5, 0.6) is 0 Å². The van der Waals surface area contributed by atoms with Gasteiger partial charge >= 0.3 is 23.9 Å². The van der Waals surface area contributed by atoms with Gasteiger partial charge in [-0.2, -0.15) is 0 Å². The predicted octanol–water partition coefficient (Wildman–Crippen LogP) is 6.37. The van der Waals surface area contributed by atoms with Crippen LogP contribution in [0.1, 0.15) is 162 Å². The SMILES string of the molecule is CC1(C)CC(COC(=O)CC(CC(=O)OCC2CC(C)(C)NC2(C)C)(CC(=O)OCC2CC(C)(C)NC2(C)C)CC(=O)OC[C@@H]2CC(C)(C)NC2(C)C)C(C)(C)N1. The van der Waals surface area contributed by atoms with E-state index in [-0.39, 0.29) is 120 Å². The molecule has 0 radical (unpaired) electrons. The molecule has 0 aliphatic carbocycles. The van der Waals surface area contributed by atoms with Crippen LogP contribution in [0.25, 0.3) is 0 Å². The summed E-state index contributed by atoms with van der Waals surface area (Å²) in [5.74, 6) is -2.18. The fourth-order valence-corrected chi connectivity index (χ4v) is 11.2. The van der Waals surface area contributed by atoms with Gasteiger partial charge < -0.3 is 40.2 Å². The monoisotopic (exact) mass is 805 g/mol. The second kappa shape index (κ2) is 16.3. The van der Waals surface area contributed by atoms with E-state index in [4.69, 9.17) is 18.9 Å². The van der Waals surface area contributed by atoms with Crippen molar-refractivity contribution in [2.24, 2.45) is 29.1 Å². The number of carbonyl (C=O) groups is 4. The van der Waals surface area contributed by atoms with Crippen molar-refractivity contribution >= 4 is 23.9 Å². The van der Waals surface area contributed by atoms with Gasteiger partial charge in [0, 0.05) is 73.4 Å². The zero-order valence-corrected chi connectivity index (χ0v) is 38.6. The number of rotatable bonds is 16. The fourth-order valence-electron chi connectivity index (χ4n) is 11.2. The highest BCUT2D eigenvalue weighted by molar-refractivity contribution is 5.81. The Labute approximate surface area is 344 Å². The molecule has 0 aromatic carbocycles. The molecule has 12 heteroatoms. The molecule has 4 heterocycles.